The second-order valence-corrected chi connectivity index (χ2v) is 5.67. The molecule has 0 atom stereocenters. The van der Waals surface area contributed by atoms with Crippen LogP contribution in [0.25, 0.3) is 0 Å². The average Bonchev–Trinajstić information content (AvgIpc) is 2.19. The summed E-state index contributed by atoms with van der Waals surface area (Å²) in [5.74, 6) is 0. The first-order chi connectivity index (χ1) is 7.10. The number of hydrogen-bond acceptors (Lipinski definition) is 0. The van der Waals surface area contributed by atoms with E-state index in [4.69, 9.17) is 0 Å². The Hall–Kier alpha value is 0.750. The molecule has 0 radical (unpaired) electrons. The van der Waals surface area contributed by atoms with Crippen LogP contribution in [0.4, 0.5) is 0 Å². The zero-order chi connectivity index (χ0) is 13.8. The average molecular weight is 343 g/mol. The standard InChI is InChI=1S/C6H16N.C5H14N.C2H7N.3ClH/c1-5-7(3,4)6-2;1-5-6(2,3)4;1-2-3;;;/h5-6H2,1-4H3;5H2,1-4H3;2-3H2,1H3;3*1H/q2*+1;;;;/p-2. The highest BCUT2D eigenvalue weighted by Crippen LogP contribution is 1.91. The van der Waals surface area contributed by atoms with Crippen molar-refractivity contribution in [3.05, 3.63) is 0 Å². The van der Waals surface area contributed by atoms with Gasteiger partial charge in [-0.15, -0.1) is 0 Å². The molecule has 0 saturated heterocycles. The summed E-state index contributed by atoms with van der Waals surface area (Å²) in [6.45, 7) is 13.3. The van der Waals surface area contributed by atoms with Crippen LogP contribution in [-0.2, 0) is 0 Å². The van der Waals surface area contributed by atoms with E-state index in [0.29, 0.717) is 0 Å². The summed E-state index contributed by atoms with van der Waals surface area (Å²) in [7, 11) is 11.0. The van der Waals surface area contributed by atoms with E-state index in [1.165, 1.54) is 19.6 Å². The second kappa shape index (κ2) is 21.1. The van der Waals surface area contributed by atoms with E-state index in [-0.39, 0.29) is 37.2 Å². The lowest BCUT2D eigenvalue weighted by molar-refractivity contribution is -0.886. The van der Waals surface area contributed by atoms with Gasteiger partial charge in [-0.3, -0.25) is 0 Å². The van der Waals surface area contributed by atoms with E-state index in [1.54, 1.807) is 0 Å². The third-order valence-corrected chi connectivity index (χ3v) is 2.66. The lowest BCUT2D eigenvalue weighted by Gasteiger charge is -2.25. The normalized spacial score (nSPS) is 9.16. The maximum absolute atomic E-state index is 3.49. The summed E-state index contributed by atoms with van der Waals surface area (Å²) in [6, 6.07) is 0. The molecule has 0 unspecified atom stereocenters. The second-order valence-electron chi connectivity index (χ2n) is 5.67. The van der Waals surface area contributed by atoms with Gasteiger partial charge in [0.05, 0.1) is 61.4 Å². The van der Waals surface area contributed by atoms with Gasteiger partial charge in [-0.25, -0.2) is 0 Å². The van der Waals surface area contributed by atoms with Gasteiger partial charge in [0.15, 0.2) is 0 Å². The van der Waals surface area contributed by atoms with Crippen LogP contribution in [0.1, 0.15) is 27.7 Å². The van der Waals surface area contributed by atoms with Crippen LogP contribution in [0.2, 0.25) is 0 Å². The Morgan fingerprint density at radius 1 is 0.632 bits per heavy atom. The molecule has 0 aromatic carbocycles. The third kappa shape index (κ3) is 55.3. The van der Waals surface area contributed by atoms with E-state index < -0.39 is 0 Å². The Bertz CT molecular complexity index is 132. The predicted octanol–water partition coefficient (Wildman–Crippen LogP) is -7.92. The first kappa shape index (κ1) is 36.7. The minimum absolute atomic E-state index is 0. The van der Waals surface area contributed by atoms with Crippen LogP contribution in [0.5, 0.6) is 0 Å². The highest BCUT2D eigenvalue weighted by molar-refractivity contribution is 4.17. The molecule has 126 valence electrons. The van der Waals surface area contributed by atoms with Crippen LogP contribution in [0.15, 0.2) is 0 Å². The van der Waals surface area contributed by atoms with Crippen molar-refractivity contribution < 1.29 is 51.9 Å². The van der Waals surface area contributed by atoms with E-state index in [9.17, 15) is 0 Å². The number of rotatable bonds is 3. The molecular weight excluding hydrogens is 305 g/mol. The monoisotopic (exact) mass is 341 g/mol. The molecule has 0 bridgehead atoms. The molecule has 19 heavy (non-hydrogen) atoms. The van der Waals surface area contributed by atoms with Gasteiger partial charge in [0.25, 0.3) is 0 Å². The largest absolute Gasteiger partial charge is 1.00 e. The minimum atomic E-state index is 0. The van der Waals surface area contributed by atoms with E-state index >= 15 is 0 Å². The number of halogens is 3. The first-order valence-electron chi connectivity index (χ1n) is 6.51. The molecule has 0 rings (SSSR count). The maximum Gasteiger partial charge on any atom is 0.0753 e. The smallest absolute Gasteiger partial charge is 0.0753 e. The maximum atomic E-state index is 3.49. The summed E-state index contributed by atoms with van der Waals surface area (Å²) in [4.78, 5) is 0. The van der Waals surface area contributed by atoms with Crippen molar-refractivity contribution in [3.8, 4) is 0 Å². The fraction of sp³-hybridized carbons (Fsp3) is 1.00. The van der Waals surface area contributed by atoms with Gasteiger partial charge in [0, 0.05) is 0 Å². The van der Waals surface area contributed by atoms with Gasteiger partial charge in [-0.2, -0.15) is 0 Å². The molecule has 0 aromatic rings. The van der Waals surface area contributed by atoms with Crippen molar-refractivity contribution in [1.29, 1.82) is 0 Å². The lowest BCUT2D eigenvalue weighted by Crippen LogP contribution is -3.00. The molecule has 0 aliphatic rings. The Balaban J connectivity index is -0.0000000328. The van der Waals surface area contributed by atoms with Gasteiger partial charge in [-0.1, -0.05) is 0 Å². The molecule has 0 spiro atoms. The minimum Gasteiger partial charge on any atom is -1.00 e. The molecule has 6 heteroatoms. The molecule has 0 aliphatic carbocycles. The van der Waals surface area contributed by atoms with Crippen molar-refractivity contribution >= 4 is 0 Å². The Labute approximate surface area is 141 Å². The van der Waals surface area contributed by atoms with Crippen LogP contribution < -0.4 is 43.0 Å². The van der Waals surface area contributed by atoms with Gasteiger partial charge >= 0.3 is 0 Å². The van der Waals surface area contributed by atoms with Crippen LogP contribution >= 0.6 is 0 Å². The highest BCUT2D eigenvalue weighted by Gasteiger charge is 2.04. The summed E-state index contributed by atoms with van der Waals surface area (Å²) < 4.78 is 2.21. The van der Waals surface area contributed by atoms with Crippen LogP contribution in [-0.4, -0.2) is 70.4 Å². The van der Waals surface area contributed by atoms with Crippen molar-refractivity contribution in [2.75, 3.05) is 61.4 Å². The van der Waals surface area contributed by atoms with E-state index in [1.807, 2.05) is 6.92 Å². The lowest BCUT2D eigenvalue weighted by atomic mass is 10.5. The molecule has 0 heterocycles. The molecular formula is C13H38Cl3N3. The van der Waals surface area contributed by atoms with Gasteiger partial charge in [0.1, 0.15) is 0 Å². The molecule has 3 N–H and O–H groups in total. The van der Waals surface area contributed by atoms with E-state index in [2.05, 4.69) is 61.7 Å². The fourth-order valence-corrected chi connectivity index (χ4v) is 0.224. The van der Waals surface area contributed by atoms with Crippen LogP contribution in [0, 0.1) is 0 Å². The van der Waals surface area contributed by atoms with Crippen molar-refractivity contribution in [3.63, 3.8) is 0 Å². The highest BCUT2D eigenvalue weighted by atomic mass is 35.5. The van der Waals surface area contributed by atoms with Crippen molar-refractivity contribution in [2.45, 2.75) is 27.7 Å². The van der Waals surface area contributed by atoms with Crippen molar-refractivity contribution in [1.82, 2.24) is 0 Å². The van der Waals surface area contributed by atoms with Gasteiger partial charge in [0.2, 0.25) is 0 Å². The topological polar surface area (TPSA) is 27.6 Å². The summed E-state index contributed by atoms with van der Waals surface area (Å²) in [5.41, 5.74) is 3.49. The van der Waals surface area contributed by atoms with Gasteiger partial charge in [-0.05, 0) is 27.7 Å². The molecule has 3 nitrogen and oxygen atoms in total. The fourth-order valence-electron chi connectivity index (χ4n) is 0.224. The van der Waals surface area contributed by atoms with Crippen molar-refractivity contribution in [2.24, 2.45) is 0 Å². The molecule has 0 fully saturated rings. The molecule has 0 aliphatic heterocycles. The number of quaternary nitrogens is 3. The zero-order valence-corrected chi connectivity index (χ0v) is 16.8. The Morgan fingerprint density at radius 2 is 0.789 bits per heavy atom. The Kier molecular flexibility index (Phi) is 40.7. The van der Waals surface area contributed by atoms with Crippen LogP contribution in [0.3, 0.4) is 0 Å². The quantitative estimate of drug-likeness (QED) is 0.494. The summed E-state index contributed by atoms with van der Waals surface area (Å²) >= 11 is 0. The predicted molar refractivity (Wildman–Crippen MR) is 75.2 cm³/mol. The third-order valence-electron chi connectivity index (χ3n) is 2.66. The van der Waals surface area contributed by atoms with E-state index in [0.717, 1.165) is 15.5 Å². The number of nitrogens with zero attached hydrogens (tertiary/aromatic N) is 2. The SMILES string of the molecule is CC[N+](C)(C)C.CC[N+](C)(C)CC.CC[NH3+].[Cl-].[Cl-].[Cl-]. The number of hydrogen-bond donors (Lipinski definition) is 1. The summed E-state index contributed by atoms with van der Waals surface area (Å²) in [6.07, 6.45) is 0. The Morgan fingerprint density at radius 3 is 0.789 bits per heavy atom. The zero-order valence-electron chi connectivity index (χ0n) is 14.6. The molecule has 0 aromatic heterocycles. The molecule has 0 saturated carbocycles. The summed E-state index contributed by atoms with van der Waals surface area (Å²) in [5, 5.41) is 0. The molecule has 0 amide bonds. The first-order valence-corrected chi connectivity index (χ1v) is 6.51. The van der Waals surface area contributed by atoms with Gasteiger partial charge < -0.3 is 51.9 Å².